The van der Waals surface area contributed by atoms with Crippen molar-refractivity contribution >= 4 is 17.6 Å². The Balaban J connectivity index is 2.07. The summed E-state index contributed by atoms with van der Waals surface area (Å²) in [6.45, 7) is 0. The number of halogens is 1. The van der Waals surface area contributed by atoms with Gasteiger partial charge in [-0.25, -0.2) is 4.79 Å². The third kappa shape index (κ3) is 2.19. The van der Waals surface area contributed by atoms with Crippen molar-refractivity contribution in [3.8, 4) is 22.4 Å². The van der Waals surface area contributed by atoms with Gasteiger partial charge in [-0.2, -0.15) is 5.10 Å². The largest absolute Gasteiger partial charge is 0.477 e. The molecule has 20 heavy (non-hydrogen) atoms. The van der Waals surface area contributed by atoms with Crippen molar-refractivity contribution in [1.82, 2.24) is 15.2 Å². The topological polar surface area (TPSA) is 81.8 Å². The fourth-order valence-electron chi connectivity index (χ4n) is 2.04. The van der Waals surface area contributed by atoms with E-state index in [2.05, 4.69) is 15.2 Å². The van der Waals surface area contributed by atoms with Crippen LogP contribution in [-0.2, 0) is 0 Å². The molecule has 0 atom stereocenters. The minimum atomic E-state index is -1.000. The number of rotatable bonds is 3. The number of H-pyrrole nitrogens is 2. The predicted molar refractivity (Wildman–Crippen MR) is 75.8 cm³/mol. The highest BCUT2D eigenvalue weighted by Gasteiger charge is 2.13. The van der Waals surface area contributed by atoms with Crippen LogP contribution in [0.3, 0.4) is 0 Å². The van der Waals surface area contributed by atoms with Crippen molar-refractivity contribution in [3.05, 3.63) is 53.4 Å². The van der Waals surface area contributed by atoms with E-state index >= 15 is 0 Å². The molecule has 3 rings (SSSR count). The molecule has 0 aliphatic heterocycles. The zero-order chi connectivity index (χ0) is 14.1. The van der Waals surface area contributed by atoms with Gasteiger partial charge in [-0.1, -0.05) is 23.7 Å². The maximum Gasteiger partial charge on any atom is 0.352 e. The van der Waals surface area contributed by atoms with Crippen molar-refractivity contribution in [2.24, 2.45) is 0 Å². The molecule has 0 unspecified atom stereocenters. The molecule has 5 nitrogen and oxygen atoms in total. The van der Waals surface area contributed by atoms with Crippen molar-refractivity contribution in [2.75, 3.05) is 0 Å². The summed E-state index contributed by atoms with van der Waals surface area (Å²) in [7, 11) is 0. The number of benzene rings is 1. The molecule has 0 aliphatic carbocycles. The lowest BCUT2D eigenvalue weighted by molar-refractivity contribution is 0.0691. The zero-order valence-electron chi connectivity index (χ0n) is 10.2. The summed E-state index contributed by atoms with van der Waals surface area (Å²) in [5, 5.41) is 16.5. The minimum Gasteiger partial charge on any atom is -0.477 e. The maximum absolute atomic E-state index is 10.9. The molecule has 0 aliphatic rings. The summed E-state index contributed by atoms with van der Waals surface area (Å²) in [5.41, 5.74) is 3.39. The van der Waals surface area contributed by atoms with Crippen LogP contribution in [0.1, 0.15) is 10.5 Å². The number of hydrogen-bond donors (Lipinski definition) is 3. The maximum atomic E-state index is 10.9. The van der Waals surface area contributed by atoms with Crippen LogP contribution < -0.4 is 0 Å². The quantitative estimate of drug-likeness (QED) is 0.690. The Labute approximate surface area is 119 Å². The molecule has 3 aromatic rings. The lowest BCUT2D eigenvalue weighted by atomic mass is 10.0. The Morgan fingerprint density at radius 2 is 2.10 bits per heavy atom. The van der Waals surface area contributed by atoms with E-state index in [1.165, 1.54) is 0 Å². The van der Waals surface area contributed by atoms with E-state index in [4.69, 9.17) is 16.7 Å². The Bertz CT molecular complexity index is 776. The number of aromatic nitrogens is 3. The first-order valence-corrected chi connectivity index (χ1v) is 6.24. The molecule has 2 aromatic heterocycles. The molecule has 0 fully saturated rings. The molecule has 3 N–H and O–H groups in total. The highest BCUT2D eigenvalue weighted by atomic mass is 35.5. The Morgan fingerprint density at radius 1 is 1.25 bits per heavy atom. The third-order valence-corrected chi connectivity index (χ3v) is 3.21. The van der Waals surface area contributed by atoms with Gasteiger partial charge in [0.25, 0.3) is 0 Å². The van der Waals surface area contributed by atoms with E-state index in [0.717, 1.165) is 22.4 Å². The van der Waals surface area contributed by atoms with Gasteiger partial charge in [0.05, 0.1) is 11.9 Å². The summed E-state index contributed by atoms with van der Waals surface area (Å²) in [4.78, 5) is 13.6. The number of aromatic amines is 2. The summed E-state index contributed by atoms with van der Waals surface area (Å²) in [6.07, 6.45) is 3.32. The van der Waals surface area contributed by atoms with Gasteiger partial charge < -0.3 is 10.1 Å². The molecule has 0 bridgehead atoms. The SMILES string of the molecule is O=C(O)c1cc(-c2[nH]ncc2-c2cccc(Cl)c2)c[nH]1. The third-order valence-electron chi connectivity index (χ3n) is 2.98. The Hall–Kier alpha value is -2.53. The zero-order valence-corrected chi connectivity index (χ0v) is 11.0. The molecular formula is C14H10ClN3O2. The van der Waals surface area contributed by atoms with Crippen molar-refractivity contribution in [3.63, 3.8) is 0 Å². The Morgan fingerprint density at radius 3 is 2.80 bits per heavy atom. The van der Waals surface area contributed by atoms with Gasteiger partial charge in [0.1, 0.15) is 5.69 Å². The first-order chi connectivity index (χ1) is 9.65. The van der Waals surface area contributed by atoms with Crippen LogP contribution in [-0.4, -0.2) is 26.3 Å². The van der Waals surface area contributed by atoms with Gasteiger partial charge in [0.15, 0.2) is 0 Å². The highest BCUT2D eigenvalue weighted by Crippen LogP contribution is 2.31. The second-order valence-corrected chi connectivity index (χ2v) is 4.71. The van der Waals surface area contributed by atoms with Gasteiger partial charge in [-0.3, -0.25) is 5.10 Å². The van der Waals surface area contributed by atoms with E-state index in [1.54, 1.807) is 24.5 Å². The number of hydrogen-bond acceptors (Lipinski definition) is 2. The number of carbonyl (C=O) groups is 1. The van der Waals surface area contributed by atoms with Crippen LogP contribution in [0.4, 0.5) is 0 Å². The molecule has 100 valence electrons. The predicted octanol–water partition coefficient (Wildman–Crippen LogP) is 3.42. The average Bonchev–Trinajstić information content (AvgIpc) is 3.07. The lowest BCUT2D eigenvalue weighted by Gasteiger charge is -2.02. The first kappa shape index (κ1) is 12.5. The molecule has 0 radical (unpaired) electrons. The lowest BCUT2D eigenvalue weighted by Crippen LogP contribution is -1.94. The number of carboxylic acid groups (broad SMARTS) is 1. The molecule has 1 aromatic carbocycles. The van der Waals surface area contributed by atoms with E-state index in [1.807, 2.05) is 18.2 Å². The molecule has 0 spiro atoms. The summed E-state index contributed by atoms with van der Waals surface area (Å²) >= 11 is 5.99. The van der Waals surface area contributed by atoms with E-state index in [-0.39, 0.29) is 5.69 Å². The van der Waals surface area contributed by atoms with Crippen LogP contribution in [0.2, 0.25) is 5.02 Å². The van der Waals surface area contributed by atoms with Crippen LogP contribution >= 0.6 is 11.6 Å². The number of carboxylic acids is 1. The fraction of sp³-hybridized carbons (Fsp3) is 0. The molecule has 2 heterocycles. The smallest absolute Gasteiger partial charge is 0.352 e. The summed E-state index contributed by atoms with van der Waals surface area (Å²) in [6, 6.07) is 8.97. The molecule has 0 saturated heterocycles. The van der Waals surface area contributed by atoms with Crippen LogP contribution in [0.15, 0.2) is 42.7 Å². The van der Waals surface area contributed by atoms with Crippen molar-refractivity contribution in [1.29, 1.82) is 0 Å². The van der Waals surface area contributed by atoms with E-state index < -0.39 is 5.97 Å². The number of aromatic carboxylic acids is 1. The average molecular weight is 288 g/mol. The second-order valence-electron chi connectivity index (χ2n) is 4.28. The highest BCUT2D eigenvalue weighted by molar-refractivity contribution is 6.30. The van der Waals surface area contributed by atoms with Crippen LogP contribution in [0.5, 0.6) is 0 Å². The van der Waals surface area contributed by atoms with Gasteiger partial charge in [-0.05, 0) is 23.8 Å². The summed E-state index contributed by atoms with van der Waals surface area (Å²) < 4.78 is 0. The molecular weight excluding hydrogens is 278 g/mol. The van der Waals surface area contributed by atoms with E-state index in [9.17, 15) is 4.79 Å². The number of nitrogens with zero attached hydrogens (tertiary/aromatic N) is 1. The van der Waals surface area contributed by atoms with Gasteiger partial charge in [0.2, 0.25) is 0 Å². The van der Waals surface area contributed by atoms with Crippen molar-refractivity contribution in [2.45, 2.75) is 0 Å². The normalized spacial score (nSPS) is 10.7. The summed E-state index contributed by atoms with van der Waals surface area (Å²) in [5.74, 6) is -1.000. The van der Waals surface area contributed by atoms with Gasteiger partial charge >= 0.3 is 5.97 Å². The van der Waals surface area contributed by atoms with Gasteiger partial charge in [-0.15, -0.1) is 0 Å². The fourth-order valence-corrected chi connectivity index (χ4v) is 2.23. The standard InChI is InChI=1S/C14H10ClN3O2/c15-10-3-1-2-8(4-10)11-7-17-18-13(11)9-5-12(14(19)20)16-6-9/h1-7,16H,(H,17,18)(H,19,20). The minimum absolute atomic E-state index is 0.131. The first-order valence-electron chi connectivity index (χ1n) is 5.86. The Kier molecular flexibility index (Phi) is 3.04. The van der Waals surface area contributed by atoms with Crippen LogP contribution in [0, 0.1) is 0 Å². The van der Waals surface area contributed by atoms with E-state index in [0.29, 0.717) is 5.02 Å². The monoisotopic (exact) mass is 287 g/mol. The van der Waals surface area contributed by atoms with Crippen LogP contribution in [0.25, 0.3) is 22.4 Å². The second kappa shape index (κ2) is 4.86. The molecule has 0 amide bonds. The van der Waals surface area contributed by atoms with Gasteiger partial charge in [0, 0.05) is 22.3 Å². The molecule has 0 saturated carbocycles. The molecule has 6 heteroatoms. The van der Waals surface area contributed by atoms with Crippen molar-refractivity contribution < 1.29 is 9.90 Å². The number of nitrogens with one attached hydrogen (secondary N) is 2.